The zero-order chi connectivity index (χ0) is 8.43. The predicted molar refractivity (Wildman–Crippen MR) is 38.7 cm³/mol. The molecule has 1 rings (SSSR count). The molecule has 58 valence electrons. The number of aliphatic hydroxyl groups excluding tert-OH is 1. The van der Waals surface area contributed by atoms with Gasteiger partial charge in [-0.3, -0.25) is 0 Å². The van der Waals surface area contributed by atoms with Gasteiger partial charge in [0, 0.05) is 6.20 Å². The van der Waals surface area contributed by atoms with Crippen molar-refractivity contribution in [1.29, 1.82) is 0 Å². The van der Waals surface area contributed by atoms with Gasteiger partial charge < -0.3 is 15.5 Å². The zero-order valence-electron chi connectivity index (χ0n) is 5.66. The summed E-state index contributed by atoms with van der Waals surface area (Å²) in [5, 5.41) is 20.2. The van der Waals surface area contributed by atoms with Crippen LogP contribution in [0, 0.1) is 0 Å². The fourth-order valence-electron chi connectivity index (χ4n) is 0.708. The summed E-state index contributed by atoms with van der Waals surface area (Å²) in [6.45, 7) is 3.39. The summed E-state index contributed by atoms with van der Waals surface area (Å²) in [6, 6.07) is 0. The summed E-state index contributed by atoms with van der Waals surface area (Å²) in [7, 11) is 0. The lowest BCUT2D eigenvalue weighted by Crippen LogP contribution is -2.15. The van der Waals surface area contributed by atoms with Crippen LogP contribution in [0.3, 0.4) is 0 Å². The van der Waals surface area contributed by atoms with Crippen LogP contribution in [0.15, 0.2) is 35.9 Å². The second-order valence-electron chi connectivity index (χ2n) is 2.02. The lowest BCUT2D eigenvalue weighted by Gasteiger charge is -2.10. The van der Waals surface area contributed by atoms with Gasteiger partial charge >= 0.3 is 5.97 Å². The minimum absolute atomic E-state index is 0.145. The van der Waals surface area contributed by atoms with Crippen LogP contribution >= 0.6 is 0 Å². The lowest BCUT2D eigenvalue weighted by atomic mass is 10.1. The van der Waals surface area contributed by atoms with E-state index in [2.05, 4.69) is 11.9 Å². The molecular formula is C7H7NO3. The molecule has 0 spiro atoms. The van der Waals surface area contributed by atoms with Gasteiger partial charge in [-0.2, -0.15) is 0 Å². The number of dihydropyridines is 1. The van der Waals surface area contributed by atoms with Crippen molar-refractivity contribution in [2.45, 2.75) is 0 Å². The molecule has 0 unspecified atom stereocenters. The van der Waals surface area contributed by atoms with Crippen LogP contribution in [-0.4, -0.2) is 16.2 Å². The Morgan fingerprint density at radius 1 is 1.64 bits per heavy atom. The molecule has 3 N–H and O–H groups in total. The number of nitrogens with one attached hydrogen (secondary N) is 1. The van der Waals surface area contributed by atoms with Crippen LogP contribution in [0.1, 0.15) is 0 Å². The molecule has 0 bridgehead atoms. The Balaban J connectivity index is 3.08. The summed E-state index contributed by atoms with van der Waals surface area (Å²) >= 11 is 0. The Kier molecular flexibility index (Phi) is 1.68. The number of aliphatic hydroxyl groups is 1. The number of aliphatic carboxylic acids is 1. The van der Waals surface area contributed by atoms with Gasteiger partial charge in [-0.1, -0.05) is 6.58 Å². The molecule has 0 aromatic heterocycles. The Morgan fingerprint density at radius 2 is 2.27 bits per heavy atom. The molecule has 1 aliphatic rings. The van der Waals surface area contributed by atoms with Crippen LogP contribution in [0.25, 0.3) is 0 Å². The Labute approximate surface area is 63.2 Å². The first-order chi connectivity index (χ1) is 5.13. The number of carboxylic acid groups (broad SMARTS) is 1. The maximum atomic E-state index is 10.4. The highest BCUT2D eigenvalue weighted by molar-refractivity contribution is 5.91. The number of rotatable bonds is 1. The fourth-order valence-corrected chi connectivity index (χ4v) is 0.708. The highest BCUT2D eigenvalue weighted by Gasteiger charge is 2.15. The van der Waals surface area contributed by atoms with Gasteiger partial charge in [0.05, 0.1) is 5.70 Å². The summed E-state index contributed by atoms with van der Waals surface area (Å²) < 4.78 is 0. The van der Waals surface area contributed by atoms with E-state index in [0.29, 0.717) is 0 Å². The molecule has 4 heteroatoms. The first-order valence-corrected chi connectivity index (χ1v) is 2.92. The van der Waals surface area contributed by atoms with Gasteiger partial charge in [0.2, 0.25) is 0 Å². The van der Waals surface area contributed by atoms with Crippen LogP contribution in [-0.2, 0) is 4.79 Å². The number of hydrogen-bond acceptors (Lipinski definition) is 3. The fraction of sp³-hybridized carbons (Fsp3) is 0. The lowest BCUT2D eigenvalue weighted by molar-refractivity contribution is -0.132. The summed E-state index contributed by atoms with van der Waals surface area (Å²) in [5.41, 5.74) is 0.0543. The standard InChI is InChI=1S/C7H7NO3/c1-4-6(9)5(7(10)11)2-3-8-4/h2-3,8-9H,1H2,(H,10,11). The van der Waals surface area contributed by atoms with Gasteiger partial charge in [0.15, 0.2) is 5.76 Å². The van der Waals surface area contributed by atoms with E-state index in [1.54, 1.807) is 0 Å². The Bertz CT molecular complexity index is 275. The molecule has 0 amide bonds. The third-order valence-corrected chi connectivity index (χ3v) is 1.28. The monoisotopic (exact) mass is 153 g/mol. The number of carbonyl (C=O) groups is 1. The maximum Gasteiger partial charge on any atom is 0.339 e. The normalized spacial score (nSPS) is 16.5. The first kappa shape index (κ1) is 7.40. The molecule has 0 aromatic rings. The second-order valence-corrected chi connectivity index (χ2v) is 2.02. The Morgan fingerprint density at radius 3 is 2.73 bits per heavy atom. The summed E-state index contributed by atoms with van der Waals surface area (Å²) in [6.07, 6.45) is 2.68. The quantitative estimate of drug-likeness (QED) is 0.513. The Hall–Kier alpha value is -1.71. The molecular weight excluding hydrogens is 146 g/mol. The molecule has 0 fully saturated rings. The number of hydrogen-bond donors (Lipinski definition) is 3. The van der Waals surface area contributed by atoms with Crippen LogP contribution in [0.2, 0.25) is 0 Å². The minimum atomic E-state index is -1.17. The average Bonchev–Trinajstić information content (AvgIpc) is 1.94. The molecule has 1 aliphatic heterocycles. The largest absolute Gasteiger partial charge is 0.505 e. The van der Waals surface area contributed by atoms with Gasteiger partial charge in [-0.05, 0) is 6.08 Å². The molecule has 1 heterocycles. The SMILES string of the molecule is C=C1NC=CC(C(=O)O)=C1O. The molecule has 11 heavy (non-hydrogen) atoms. The van der Waals surface area contributed by atoms with E-state index < -0.39 is 5.97 Å². The molecule has 0 atom stereocenters. The molecule has 0 radical (unpaired) electrons. The third-order valence-electron chi connectivity index (χ3n) is 1.28. The second kappa shape index (κ2) is 2.49. The zero-order valence-corrected chi connectivity index (χ0v) is 5.66. The van der Waals surface area contributed by atoms with Gasteiger partial charge in [-0.25, -0.2) is 4.79 Å². The smallest absolute Gasteiger partial charge is 0.339 e. The van der Waals surface area contributed by atoms with Crippen molar-refractivity contribution in [3.63, 3.8) is 0 Å². The van der Waals surface area contributed by atoms with Crippen LogP contribution < -0.4 is 5.32 Å². The van der Waals surface area contributed by atoms with E-state index in [0.717, 1.165) is 0 Å². The highest BCUT2D eigenvalue weighted by Crippen LogP contribution is 2.13. The van der Waals surface area contributed by atoms with Crippen molar-refractivity contribution in [2.24, 2.45) is 0 Å². The van der Waals surface area contributed by atoms with Crippen molar-refractivity contribution >= 4 is 5.97 Å². The van der Waals surface area contributed by atoms with E-state index in [-0.39, 0.29) is 17.0 Å². The summed E-state index contributed by atoms with van der Waals surface area (Å²) in [5.74, 6) is -1.48. The van der Waals surface area contributed by atoms with Crippen molar-refractivity contribution in [3.8, 4) is 0 Å². The van der Waals surface area contributed by atoms with Crippen LogP contribution in [0.5, 0.6) is 0 Å². The van der Waals surface area contributed by atoms with E-state index >= 15 is 0 Å². The van der Waals surface area contributed by atoms with Gasteiger partial charge in [0.1, 0.15) is 5.57 Å². The molecule has 0 aromatic carbocycles. The molecule has 4 nitrogen and oxygen atoms in total. The van der Waals surface area contributed by atoms with E-state index in [1.165, 1.54) is 12.3 Å². The minimum Gasteiger partial charge on any atom is -0.505 e. The van der Waals surface area contributed by atoms with E-state index in [4.69, 9.17) is 10.2 Å². The summed E-state index contributed by atoms with van der Waals surface area (Å²) in [4.78, 5) is 10.4. The van der Waals surface area contributed by atoms with E-state index in [9.17, 15) is 4.79 Å². The predicted octanol–water partition coefficient (Wildman–Crippen LogP) is 0.514. The molecule has 0 saturated carbocycles. The van der Waals surface area contributed by atoms with Gasteiger partial charge in [0.25, 0.3) is 0 Å². The third kappa shape index (κ3) is 1.24. The van der Waals surface area contributed by atoms with Crippen molar-refractivity contribution < 1.29 is 15.0 Å². The average molecular weight is 153 g/mol. The first-order valence-electron chi connectivity index (χ1n) is 2.92. The van der Waals surface area contributed by atoms with Crippen molar-refractivity contribution in [3.05, 3.63) is 35.9 Å². The molecule has 0 aliphatic carbocycles. The number of carboxylic acids is 1. The highest BCUT2D eigenvalue weighted by atomic mass is 16.4. The molecule has 0 saturated heterocycles. The van der Waals surface area contributed by atoms with Crippen LogP contribution in [0.4, 0.5) is 0 Å². The van der Waals surface area contributed by atoms with Crippen molar-refractivity contribution in [1.82, 2.24) is 5.32 Å². The van der Waals surface area contributed by atoms with Crippen molar-refractivity contribution in [2.75, 3.05) is 0 Å². The maximum absolute atomic E-state index is 10.4. The topological polar surface area (TPSA) is 69.6 Å². The van der Waals surface area contributed by atoms with Gasteiger partial charge in [-0.15, -0.1) is 0 Å². The van der Waals surface area contributed by atoms with E-state index in [1.807, 2.05) is 0 Å².